The first kappa shape index (κ1) is 14.7. The van der Waals surface area contributed by atoms with Crippen LogP contribution in [0.2, 0.25) is 0 Å². The molecule has 0 amide bonds. The van der Waals surface area contributed by atoms with Crippen LogP contribution in [0.3, 0.4) is 0 Å². The minimum atomic E-state index is -0.424. The van der Waals surface area contributed by atoms with Gasteiger partial charge in [0.05, 0.1) is 4.92 Å². The normalized spacial score (nSPS) is 12.2. The van der Waals surface area contributed by atoms with Crippen LogP contribution in [0.25, 0.3) is 0 Å². The first-order chi connectivity index (χ1) is 9.47. The molecule has 0 saturated heterocycles. The number of hydrogen-bond acceptors (Lipinski definition) is 2. The van der Waals surface area contributed by atoms with Gasteiger partial charge in [0, 0.05) is 17.0 Å². The molecule has 2 rings (SSSR count). The lowest BCUT2D eigenvalue weighted by Gasteiger charge is -2.13. The third kappa shape index (κ3) is 3.42. The number of aryl methyl sites for hydroxylation is 1. The molecule has 0 aliphatic rings. The minimum absolute atomic E-state index is 0.0281. The molecule has 0 radical (unpaired) electrons. The van der Waals surface area contributed by atoms with Crippen molar-refractivity contribution in [3.8, 4) is 0 Å². The lowest BCUT2D eigenvalue weighted by Crippen LogP contribution is -1.99. The maximum Gasteiger partial charge on any atom is 0.269 e. The van der Waals surface area contributed by atoms with Gasteiger partial charge in [-0.25, -0.2) is 4.39 Å². The molecule has 0 N–H and O–H groups in total. The van der Waals surface area contributed by atoms with Crippen LogP contribution in [-0.2, 0) is 6.42 Å². The highest BCUT2D eigenvalue weighted by molar-refractivity contribution is 9.09. The van der Waals surface area contributed by atoms with E-state index in [0.717, 1.165) is 16.7 Å². The number of halogens is 2. The summed E-state index contributed by atoms with van der Waals surface area (Å²) in [5.41, 5.74) is 2.93. The Hall–Kier alpha value is -1.75. The van der Waals surface area contributed by atoms with Gasteiger partial charge in [-0.05, 0) is 42.2 Å². The van der Waals surface area contributed by atoms with Crippen molar-refractivity contribution in [1.29, 1.82) is 0 Å². The average Bonchev–Trinajstić information content (AvgIpc) is 2.42. The lowest BCUT2D eigenvalue weighted by molar-refractivity contribution is -0.384. The third-order valence-electron chi connectivity index (χ3n) is 3.14. The fourth-order valence-corrected chi connectivity index (χ4v) is 2.89. The Kier molecular flexibility index (Phi) is 4.49. The molecule has 0 aliphatic heterocycles. The zero-order valence-electron chi connectivity index (χ0n) is 10.8. The molecule has 0 heterocycles. The summed E-state index contributed by atoms with van der Waals surface area (Å²) in [5.74, 6) is -0.265. The van der Waals surface area contributed by atoms with Gasteiger partial charge in [0.25, 0.3) is 5.69 Å². The summed E-state index contributed by atoms with van der Waals surface area (Å²) in [6.07, 6.45) is 0.641. The highest BCUT2D eigenvalue weighted by Gasteiger charge is 2.13. The van der Waals surface area contributed by atoms with Crippen LogP contribution in [0.4, 0.5) is 10.1 Å². The maximum absolute atomic E-state index is 13.3. The van der Waals surface area contributed by atoms with Crippen LogP contribution in [0.1, 0.15) is 21.5 Å². The van der Waals surface area contributed by atoms with E-state index in [1.165, 1.54) is 24.3 Å². The molecule has 2 aromatic carbocycles. The van der Waals surface area contributed by atoms with E-state index in [1.54, 1.807) is 18.2 Å². The first-order valence-electron chi connectivity index (χ1n) is 6.11. The number of rotatable bonds is 4. The third-order valence-corrected chi connectivity index (χ3v) is 3.96. The van der Waals surface area contributed by atoms with Gasteiger partial charge in [0.1, 0.15) is 5.82 Å². The molecule has 0 aliphatic carbocycles. The fraction of sp³-hybridized carbons (Fsp3) is 0.200. The molecule has 0 spiro atoms. The van der Waals surface area contributed by atoms with Crippen molar-refractivity contribution < 1.29 is 9.31 Å². The van der Waals surface area contributed by atoms with Crippen molar-refractivity contribution in [2.75, 3.05) is 0 Å². The second-order valence-corrected chi connectivity index (χ2v) is 5.70. The standard InChI is InChI=1S/C15H13BrFNO2/c1-10-2-5-12(17)9-14(10)15(16)8-11-3-6-13(7-4-11)18(19)20/h2-7,9,15H,8H2,1H3. The van der Waals surface area contributed by atoms with E-state index in [2.05, 4.69) is 15.9 Å². The zero-order chi connectivity index (χ0) is 14.7. The number of nitrogens with zero attached hydrogens (tertiary/aromatic N) is 1. The lowest BCUT2D eigenvalue weighted by atomic mass is 10.00. The predicted octanol–water partition coefficient (Wildman–Crippen LogP) is 4.72. The molecule has 5 heteroatoms. The SMILES string of the molecule is Cc1ccc(F)cc1C(Br)Cc1ccc([N+](=O)[O-])cc1. The first-order valence-corrected chi connectivity index (χ1v) is 7.02. The van der Waals surface area contributed by atoms with Gasteiger partial charge in [0.15, 0.2) is 0 Å². The Morgan fingerprint density at radius 2 is 1.90 bits per heavy atom. The highest BCUT2D eigenvalue weighted by atomic mass is 79.9. The zero-order valence-corrected chi connectivity index (χ0v) is 12.4. The molecule has 0 saturated carbocycles. The van der Waals surface area contributed by atoms with E-state index in [0.29, 0.717) is 6.42 Å². The molecule has 0 bridgehead atoms. The second-order valence-electron chi connectivity index (χ2n) is 4.60. The summed E-state index contributed by atoms with van der Waals surface area (Å²) in [6, 6.07) is 11.1. The highest BCUT2D eigenvalue weighted by Crippen LogP contribution is 2.30. The van der Waals surface area contributed by atoms with E-state index in [1.807, 2.05) is 6.92 Å². The van der Waals surface area contributed by atoms with E-state index in [9.17, 15) is 14.5 Å². The van der Waals surface area contributed by atoms with E-state index in [4.69, 9.17) is 0 Å². The molecule has 0 aromatic heterocycles. The number of hydrogen-bond donors (Lipinski definition) is 0. The molecule has 2 aromatic rings. The quantitative estimate of drug-likeness (QED) is 0.460. The summed E-state index contributed by atoms with van der Waals surface area (Å²) < 4.78 is 13.3. The Labute approximate surface area is 124 Å². The molecule has 104 valence electrons. The van der Waals surface area contributed by atoms with Crippen molar-refractivity contribution in [1.82, 2.24) is 0 Å². The number of nitro benzene ring substituents is 1. The van der Waals surface area contributed by atoms with E-state index >= 15 is 0 Å². The minimum Gasteiger partial charge on any atom is -0.258 e. The van der Waals surface area contributed by atoms with Crippen LogP contribution in [0, 0.1) is 22.9 Å². The summed E-state index contributed by atoms with van der Waals surface area (Å²) >= 11 is 3.55. The van der Waals surface area contributed by atoms with Crippen molar-refractivity contribution in [2.24, 2.45) is 0 Å². The van der Waals surface area contributed by atoms with E-state index < -0.39 is 4.92 Å². The smallest absolute Gasteiger partial charge is 0.258 e. The Bertz CT molecular complexity index is 628. The second kappa shape index (κ2) is 6.13. The molecule has 1 unspecified atom stereocenters. The van der Waals surface area contributed by atoms with Crippen molar-refractivity contribution in [2.45, 2.75) is 18.2 Å². The van der Waals surface area contributed by atoms with Crippen molar-refractivity contribution in [3.63, 3.8) is 0 Å². The molecule has 20 heavy (non-hydrogen) atoms. The van der Waals surface area contributed by atoms with Crippen LogP contribution < -0.4 is 0 Å². The monoisotopic (exact) mass is 337 g/mol. The molecule has 1 atom stereocenters. The molecule has 3 nitrogen and oxygen atoms in total. The van der Waals surface area contributed by atoms with Crippen molar-refractivity contribution in [3.05, 3.63) is 75.1 Å². The van der Waals surface area contributed by atoms with Gasteiger partial charge in [-0.3, -0.25) is 10.1 Å². The topological polar surface area (TPSA) is 43.1 Å². The van der Waals surface area contributed by atoms with Gasteiger partial charge in [0.2, 0.25) is 0 Å². The Morgan fingerprint density at radius 3 is 2.50 bits per heavy atom. The summed E-state index contributed by atoms with van der Waals surface area (Å²) in [4.78, 5) is 10.1. The molecular formula is C15H13BrFNO2. The van der Waals surface area contributed by atoms with Crippen LogP contribution in [-0.4, -0.2) is 4.92 Å². The fourth-order valence-electron chi connectivity index (χ4n) is 2.02. The van der Waals surface area contributed by atoms with Gasteiger partial charge in [-0.1, -0.05) is 34.1 Å². The van der Waals surface area contributed by atoms with Gasteiger partial charge in [-0.15, -0.1) is 0 Å². The summed E-state index contributed by atoms with van der Waals surface area (Å²) in [5, 5.41) is 10.6. The predicted molar refractivity (Wildman–Crippen MR) is 79.6 cm³/mol. The van der Waals surface area contributed by atoms with Gasteiger partial charge < -0.3 is 0 Å². The van der Waals surface area contributed by atoms with E-state index in [-0.39, 0.29) is 16.3 Å². The summed E-state index contributed by atoms with van der Waals surface area (Å²) in [7, 11) is 0. The molecular weight excluding hydrogens is 325 g/mol. The Balaban J connectivity index is 2.16. The van der Waals surface area contributed by atoms with Crippen LogP contribution in [0.5, 0.6) is 0 Å². The van der Waals surface area contributed by atoms with Crippen molar-refractivity contribution >= 4 is 21.6 Å². The maximum atomic E-state index is 13.3. The van der Waals surface area contributed by atoms with Gasteiger partial charge in [-0.2, -0.15) is 0 Å². The number of non-ortho nitro benzene ring substituents is 1. The summed E-state index contributed by atoms with van der Waals surface area (Å²) in [6.45, 7) is 1.93. The van der Waals surface area contributed by atoms with Crippen LogP contribution in [0.15, 0.2) is 42.5 Å². The van der Waals surface area contributed by atoms with Gasteiger partial charge >= 0.3 is 0 Å². The largest absolute Gasteiger partial charge is 0.269 e. The Morgan fingerprint density at radius 1 is 1.25 bits per heavy atom. The van der Waals surface area contributed by atoms with Crippen LogP contribution >= 0.6 is 15.9 Å². The molecule has 0 fully saturated rings. The number of nitro groups is 1. The average molecular weight is 338 g/mol. The number of benzene rings is 2. The number of alkyl halides is 1.